The monoisotopic (exact) mass is 325 g/mol. The van der Waals surface area contributed by atoms with Gasteiger partial charge < -0.3 is 21.1 Å². The maximum atomic E-state index is 12.7. The number of rotatable bonds is 5. The normalized spacial score (nSPS) is 17.0. The fourth-order valence-corrected chi connectivity index (χ4v) is 2.88. The highest BCUT2D eigenvalue weighted by molar-refractivity contribution is 6.34. The number of anilines is 1. The molecule has 1 heterocycles. The van der Waals surface area contributed by atoms with Crippen LogP contribution in [0.5, 0.6) is 0 Å². The van der Waals surface area contributed by atoms with Crippen molar-refractivity contribution < 1.29 is 14.3 Å². The number of benzene rings is 1. The number of carbonyl (C=O) groups is 2. The number of methoxy groups -OCH3 is 1. The molecule has 7 heteroatoms. The molecule has 1 aromatic carbocycles. The summed E-state index contributed by atoms with van der Waals surface area (Å²) >= 11 is 5.91. The summed E-state index contributed by atoms with van der Waals surface area (Å²) in [6.45, 7) is 1.89. The van der Waals surface area contributed by atoms with E-state index in [-0.39, 0.29) is 16.5 Å². The lowest BCUT2D eigenvalue weighted by Crippen LogP contribution is -2.47. The quantitative estimate of drug-likeness (QED) is 0.762. The summed E-state index contributed by atoms with van der Waals surface area (Å²) in [4.78, 5) is 24.0. The number of hydrogen-bond acceptors (Lipinski definition) is 4. The molecule has 1 aromatic rings. The largest absolute Gasteiger partial charge is 0.384 e. The zero-order valence-corrected chi connectivity index (χ0v) is 13.2. The van der Waals surface area contributed by atoms with Crippen molar-refractivity contribution in [2.75, 3.05) is 32.1 Å². The van der Waals surface area contributed by atoms with Gasteiger partial charge in [-0.05, 0) is 44.1 Å². The second kappa shape index (κ2) is 7.09. The molecule has 2 rings (SSSR count). The average Bonchev–Trinajstić information content (AvgIpc) is 2.50. The van der Waals surface area contributed by atoms with Gasteiger partial charge in [-0.15, -0.1) is 0 Å². The Labute approximate surface area is 134 Å². The standard InChI is InChI=1S/C15H20ClN3O3/c1-22-9-15(4-6-18-7-5-15)14(21)19-10-2-3-12(16)11(8-10)13(17)20/h2-3,8,18H,4-7,9H2,1H3,(H2,17,20)(H,19,21). The zero-order valence-electron chi connectivity index (χ0n) is 12.4. The van der Waals surface area contributed by atoms with Crippen LogP contribution in [0.3, 0.4) is 0 Å². The van der Waals surface area contributed by atoms with E-state index in [0.717, 1.165) is 13.1 Å². The van der Waals surface area contributed by atoms with E-state index in [1.807, 2.05) is 0 Å². The molecule has 0 bridgehead atoms. The lowest BCUT2D eigenvalue weighted by atomic mass is 9.78. The van der Waals surface area contributed by atoms with Gasteiger partial charge in [0, 0.05) is 12.8 Å². The number of piperidine rings is 1. The number of carbonyl (C=O) groups excluding carboxylic acids is 2. The molecular formula is C15H20ClN3O3. The lowest BCUT2D eigenvalue weighted by molar-refractivity contribution is -0.130. The van der Waals surface area contributed by atoms with Crippen LogP contribution < -0.4 is 16.4 Å². The van der Waals surface area contributed by atoms with E-state index >= 15 is 0 Å². The van der Waals surface area contributed by atoms with Gasteiger partial charge in [0.2, 0.25) is 11.8 Å². The third-order valence-electron chi connectivity index (χ3n) is 3.95. The summed E-state index contributed by atoms with van der Waals surface area (Å²) in [7, 11) is 1.59. The van der Waals surface area contributed by atoms with Gasteiger partial charge in [0.25, 0.3) is 0 Å². The fraction of sp³-hybridized carbons (Fsp3) is 0.467. The molecule has 1 fully saturated rings. The van der Waals surface area contributed by atoms with Crippen molar-refractivity contribution in [2.24, 2.45) is 11.1 Å². The Morgan fingerprint density at radius 3 is 2.68 bits per heavy atom. The topological polar surface area (TPSA) is 93.4 Å². The minimum absolute atomic E-state index is 0.117. The molecule has 0 radical (unpaired) electrons. The van der Waals surface area contributed by atoms with Crippen LogP contribution >= 0.6 is 11.6 Å². The smallest absolute Gasteiger partial charge is 0.250 e. The van der Waals surface area contributed by atoms with Crippen molar-refractivity contribution in [2.45, 2.75) is 12.8 Å². The average molecular weight is 326 g/mol. The first kappa shape index (κ1) is 16.7. The van der Waals surface area contributed by atoms with Crippen molar-refractivity contribution in [1.82, 2.24) is 5.32 Å². The third kappa shape index (κ3) is 3.58. The van der Waals surface area contributed by atoms with Gasteiger partial charge in [-0.3, -0.25) is 9.59 Å². The third-order valence-corrected chi connectivity index (χ3v) is 4.28. The fourth-order valence-electron chi connectivity index (χ4n) is 2.67. The molecule has 0 aromatic heterocycles. The molecule has 0 saturated carbocycles. The van der Waals surface area contributed by atoms with E-state index in [9.17, 15) is 9.59 Å². The Morgan fingerprint density at radius 2 is 2.09 bits per heavy atom. The summed E-state index contributed by atoms with van der Waals surface area (Å²) in [5, 5.41) is 6.34. The molecule has 1 saturated heterocycles. The molecule has 4 N–H and O–H groups in total. The number of nitrogens with two attached hydrogens (primary N) is 1. The van der Waals surface area contributed by atoms with Gasteiger partial charge in [0.1, 0.15) is 0 Å². The van der Waals surface area contributed by atoms with Crippen LogP contribution in [0.4, 0.5) is 5.69 Å². The highest BCUT2D eigenvalue weighted by Gasteiger charge is 2.39. The molecule has 0 unspecified atom stereocenters. The molecule has 1 aliphatic rings. The van der Waals surface area contributed by atoms with Crippen molar-refractivity contribution in [3.8, 4) is 0 Å². The first-order valence-electron chi connectivity index (χ1n) is 7.09. The number of hydrogen-bond donors (Lipinski definition) is 3. The number of amides is 2. The highest BCUT2D eigenvalue weighted by atomic mass is 35.5. The van der Waals surface area contributed by atoms with Crippen molar-refractivity contribution in [1.29, 1.82) is 0 Å². The first-order valence-corrected chi connectivity index (χ1v) is 7.47. The Kier molecular flexibility index (Phi) is 5.39. The molecular weight excluding hydrogens is 306 g/mol. The number of ether oxygens (including phenoxy) is 1. The van der Waals surface area contributed by atoms with Crippen molar-refractivity contribution in [3.05, 3.63) is 28.8 Å². The molecule has 0 aliphatic carbocycles. The summed E-state index contributed by atoms with van der Waals surface area (Å²) in [5.74, 6) is -0.747. The van der Waals surface area contributed by atoms with Gasteiger partial charge in [-0.25, -0.2) is 0 Å². The Bertz CT molecular complexity index is 566. The van der Waals surface area contributed by atoms with E-state index in [0.29, 0.717) is 25.1 Å². The molecule has 2 amide bonds. The van der Waals surface area contributed by atoms with Gasteiger partial charge >= 0.3 is 0 Å². The van der Waals surface area contributed by atoms with Crippen LogP contribution in [0.15, 0.2) is 18.2 Å². The Morgan fingerprint density at radius 1 is 1.41 bits per heavy atom. The number of nitrogens with one attached hydrogen (secondary N) is 2. The maximum absolute atomic E-state index is 12.7. The molecule has 120 valence electrons. The summed E-state index contributed by atoms with van der Waals surface area (Å²) in [5.41, 5.74) is 5.39. The highest BCUT2D eigenvalue weighted by Crippen LogP contribution is 2.31. The van der Waals surface area contributed by atoms with Gasteiger partial charge in [0.05, 0.1) is 22.6 Å². The van der Waals surface area contributed by atoms with Crippen LogP contribution in [0.25, 0.3) is 0 Å². The van der Waals surface area contributed by atoms with E-state index < -0.39 is 11.3 Å². The predicted octanol–water partition coefficient (Wildman–Crippen LogP) is 1.39. The predicted molar refractivity (Wildman–Crippen MR) is 85.0 cm³/mol. The van der Waals surface area contributed by atoms with E-state index in [2.05, 4.69) is 10.6 Å². The van der Waals surface area contributed by atoms with Gasteiger partial charge in [-0.1, -0.05) is 11.6 Å². The van der Waals surface area contributed by atoms with Gasteiger partial charge in [-0.2, -0.15) is 0 Å². The second-order valence-electron chi connectivity index (χ2n) is 5.48. The Balaban J connectivity index is 2.19. The number of primary amides is 1. The zero-order chi connectivity index (χ0) is 16.2. The Hall–Kier alpha value is -1.63. The van der Waals surface area contributed by atoms with E-state index in [1.54, 1.807) is 19.2 Å². The number of halogens is 1. The van der Waals surface area contributed by atoms with Crippen molar-refractivity contribution in [3.63, 3.8) is 0 Å². The van der Waals surface area contributed by atoms with Crippen LogP contribution in [0, 0.1) is 5.41 Å². The SMILES string of the molecule is COCC1(C(=O)Nc2ccc(Cl)c(C(N)=O)c2)CCNCC1. The molecule has 22 heavy (non-hydrogen) atoms. The summed E-state index contributed by atoms with van der Waals surface area (Å²) in [6.07, 6.45) is 1.39. The van der Waals surface area contributed by atoms with Crippen LogP contribution in [0.2, 0.25) is 5.02 Å². The van der Waals surface area contributed by atoms with Crippen molar-refractivity contribution >= 4 is 29.1 Å². The van der Waals surface area contributed by atoms with Crippen LogP contribution in [-0.4, -0.2) is 38.6 Å². The lowest BCUT2D eigenvalue weighted by Gasteiger charge is -2.35. The van der Waals surface area contributed by atoms with E-state index in [4.69, 9.17) is 22.1 Å². The summed E-state index contributed by atoms with van der Waals surface area (Å²) < 4.78 is 5.24. The van der Waals surface area contributed by atoms with E-state index in [1.165, 1.54) is 6.07 Å². The molecule has 1 aliphatic heterocycles. The minimum Gasteiger partial charge on any atom is -0.384 e. The van der Waals surface area contributed by atoms with Crippen LogP contribution in [-0.2, 0) is 9.53 Å². The molecule has 6 nitrogen and oxygen atoms in total. The second-order valence-corrected chi connectivity index (χ2v) is 5.88. The molecule has 0 atom stereocenters. The van der Waals surface area contributed by atoms with Crippen LogP contribution in [0.1, 0.15) is 23.2 Å². The van der Waals surface area contributed by atoms with Gasteiger partial charge in [0.15, 0.2) is 0 Å². The first-order chi connectivity index (χ1) is 10.5. The molecule has 0 spiro atoms. The maximum Gasteiger partial charge on any atom is 0.250 e. The summed E-state index contributed by atoms with van der Waals surface area (Å²) in [6, 6.07) is 4.68. The minimum atomic E-state index is -0.630.